The zero-order valence-corrected chi connectivity index (χ0v) is 14.1. The minimum atomic E-state index is -0.861. The van der Waals surface area contributed by atoms with Crippen LogP contribution in [0.2, 0.25) is 5.02 Å². The summed E-state index contributed by atoms with van der Waals surface area (Å²) in [5.74, 6) is 1.06. The number of rotatable bonds is 9. The zero-order valence-electron chi connectivity index (χ0n) is 13.3. The fourth-order valence-corrected chi connectivity index (χ4v) is 2.36. The van der Waals surface area contributed by atoms with Gasteiger partial charge in [0, 0.05) is 11.4 Å². The molecule has 1 N–H and O–H groups in total. The number of aliphatic carboxylic acids is 1. The van der Waals surface area contributed by atoms with Crippen molar-refractivity contribution in [3.63, 3.8) is 0 Å². The molecule has 0 amide bonds. The summed E-state index contributed by atoms with van der Waals surface area (Å²) in [6.45, 7) is 0.654. The van der Waals surface area contributed by atoms with Crippen molar-refractivity contribution in [3.8, 4) is 17.2 Å². The molecule has 2 aromatic carbocycles. The highest BCUT2D eigenvalue weighted by Crippen LogP contribution is 2.26. The molecule has 0 radical (unpaired) electrons. The molecule has 128 valence electrons. The van der Waals surface area contributed by atoms with Crippen LogP contribution >= 0.6 is 11.6 Å². The molecule has 0 saturated heterocycles. The maximum Gasteiger partial charge on any atom is 0.303 e. The van der Waals surface area contributed by atoms with Crippen molar-refractivity contribution in [2.75, 3.05) is 20.3 Å². The second kappa shape index (κ2) is 9.03. The summed E-state index contributed by atoms with van der Waals surface area (Å²) in [5.41, 5.74) is 0.766. The van der Waals surface area contributed by atoms with E-state index in [4.69, 9.17) is 30.9 Å². The molecule has 0 spiro atoms. The van der Waals surface area contributed by atoms with Crippen LogP contribution in [0.3, 0.4) is 0 Å². The molecular formula is C18H19ClO5. The number of aryl methyl sites for hydroxylation is 1. The smallest absolute Gasteiger partial charge is 0.303 e. The minimum Gasteiger partial charge on any atom is -0.493 e. The van der Waals surface area contributed by atoms with Crippen molar-refractivity contribution in [2.24, 2.45) is 0 Å². The molecule has 0 saturated carbocycles. The number of benzene rings is 2. The molecule has 6 heteroatoms. The topological polar surface area (TPSA) is 65.0 Å². The number of hydrogen-bond acceptors (Lipinski definition) is 4. The lowest BCUT2D eigenvalue weighted by molar-refractivity contribution is -0.136. The minimum absolute atomic E-state index is 0.0222. The Morgan fingerprint density at radius 2 is 1.71 bits per heavy atom. The van der Waals surface area contributed by atoms with Crippen LogP contribution in [0.4, 0.5) is 0 Å². The number of halogens is 1. The summed E-state index contributed by atoms with van der Waals surface area (Å²) in [6, 6.07) is 12.5. The van der Waals surface area contributed by atoms with Crippen LogP contribution in [0, 0.1) is 0 Å². The van der Waals surface area contributed by atoms with E-state index >= 15 is 0 Å². The van der Waals surface area contributed by atoms with Crippen LogP contribution in [0.15, 0.2) is 42.5 Å². The van der Waals surface area contributed by atoms with Gasteiger partial charge in [0.2, 0.25) is 0 Å². The predicted octanol–water partition coefficient (Wildman–Crippen LogP) is 3.82. The molecule has 0 aliphatic carbocycles. The molecule has 0 fully saturated rings. The van der Waals surface area contributed by atoms with Gasteiger partial charge in [0.05, 0.1) is 7.11 Å². The van der Waals surface area contributed by atoms with Gasteiger partial charge in [-0.25, -0.2) is 0 Å². The summed E-state index contributed by atoms with van der Waals surface area (Å²) in [5, 5.41) is 9.37. The summed E-state index contributed by atoms with van der Waals surface area (Å²) in [7, 11) is 1.58. The van der Waals surface area contributed by atoms with Gasteiger partial charge in [0.1, 0.15) is 19.0 Å². The lowest BCUT2D eigenvalue weighted by Gasteiger charge is -2.13. The van der Waals surface area contributed by atoms with Crippen molar-refractivity contribution in [1.29, 1.82) is 0 Å². The second-order valence-electron chi connectivity index (χ2n) is 4.99. The van der Waals surface area contributed by atoms with Gasteiger partial charge in [0.25, 0.3) is 0 Å². The maximum absolute atomic E-state index is 10.7. The summed E-state index contributed by atoms with van der Waals surface area (Å²) >= 11 is 5.97. The first-order valence-corrected chi connectivity index (χ1v) is 7.87. The second-order valence-corrected chi connectivity index (χ2v) is 5.43. The Morgan fingerprint density at radius 1 is 1.04 bits per heavy atom. The van der Waals surface area contributed by atoms with Crippen LogP contribution in [-0.2, 0) is 11.2 Å². The fraction of sp³-hybridized carbons (Fsp3) is 0.278. The average molecular weight is 351 g/mol. The Hall–Kier alpha value is -2.40. The largest absolute Gasteiger partial charge is 0.493 e. The van der Waals surface area contributed by atoms with Gasteiger partial charge >= 0.3 is 5.97 Å². The first-order valence-electron chi connectivity index (χ1n) is 7.49. The normalized spacial score (nSPS) is 10.2. The molecule has 24 heavy (non-hydrogen) atoms. The van der Waals surface area contributed by atoms with Crippen molar-refractivity contribution in [3.05, 3.63) is 53.1 Å². The molecule has 0 heterocycles. The molecule has 0 aromatic heterocycles. The van der Waals surface area contributed by atoms with E-state index in [-0.39, 0.29) is 6.42 Å². The van der Waals surface area contributed by atoms with Crippen molar-refractivity contribution >= 4 is 17.6 Å². The number of carboxylic acids is 1. The highest BCUT2D eigenvalue weighted by atomic mass is 35.5. The average Bonchev–Trinajstić information content (AvgIpc) is 2.58. The molecule has 0 atom stereocenters. The Balaban J connectivity index is 1.90. The Bertz CT molecular complexity index is 687. The summed E-state index contributed by atoms with van der Waals surface area (Å²) in [4.78, 5) is 10.7. The molecule has 0 bridgehead atoms. The van der Waals surface area contributed by atoms with Crippen LogP contribution in [0.1, 0.15) is 12.0 Å². The molecule has 5 nitrogen and oxygen atoms in total. The van der Waals surface area contributed by atoms with E-state index < -0.39 is 5.97 Å². The zero-order chi connectivity index (χ0) is 17.4. The van der Waals surface area contributed by atoms with E-state index in [1.807, 2.05) is 24.3 Å². The number of carbonyl (C=O) groups is 1. The van der Waals surface area contributed by atoms with Crippen LogP contribution in [-0.4, -0.2) is 31.4 Å². The third kappa shape index (κ3) is 5.35. The summed E-state index contributed by atoms with van der Waals surface area (Å²) in [6.07, 6.45) is 0.382. The van der Waals surface area contributed by atoms with Gasteiger partial charge in [-0.2, -0.15) is 0 Å². The van der Waals surface area contributed by atoms with E-state index in [0.29, 0.717) is 41.9 Å². The predicted molar refractivity (Wildman–Crippen MR) is 91.4 cm³/mol. The number of hydrogen-bond donors (Lipinski definition) is 1. The van der Waals surface area contributed by atoms with Crippen molar-refractivity contribution < 1.29 is 24.1 Å². The third-order valence-electron chi connectivity index (χ3n) is 3.30. The lowest BCUT2D eigenvalue weighted by Crippen LogP contribution is -2.11. The lowest BCUT2D eigenvalue weighted by atomic mass is 10.1. The van der Waals surface area contributed by atoms with E-state index in [2.05, 4.69) is 0 Å². The van der Waals surface area contributed by atoms with Crippen LogP contribution < -0.4 is 14.2 Å². The number of ether oxygens (including phenoxy) is 3. The first-order chi connectivity index (χ1) is 11.6. The van der Waals surface area contributed by atoms with Gasteiger partial charge in [-0.1, -0.05) is 23.7 Å². The van der Waals surface area contributed by atoms with Gasteiger partial charge < -0.3 is 19.3 Å². The fourth-order valence-electron chi connectivity index (χ4n) is 2.17. The highest BCUT2D eigenvalue weighted by Gasteiger charge is 2.08. The van der Waals surface area contributed by atoms with Gasteiger partial charge in [-0.05, 0) is 42.3 Å². The first kappa shape index (κ1) is 17.9. The van der Waals surface area contributed by atoms with E-state index in [0.717, 1.165) is 5.56 Å². The number of methoxy groups -OCH3 is 1. The standard InChI is InChI=1S/C18H19ClO5/c1-22-16-4-2-3-5-17(16)24-11-10-23-15-8-7-14(19)12-13(15)6-9-18(20)21/h2-5,7-8,12H,6,9-11H2,1H3,(H,20,21). The van der Waals surface area contributed by atoms with Gasteiger partial charge in [-0.15, -0.1) is 0 Å². The molecule has 0 unspecified atom stereocenters. The van der Waals surface area contributed by atoms with E-state index in [1.165, 1.54) is 0 Å². The Labute approximate surface area is 145 Å². The molecule has 0 aliphatic rings. The molecular weight excluding hydrogens is 332 g/mol. The molecule has 2 rings (SSSR count). The Morgan fingerprint density at radius 3 is 2.38 bits per heavy atom. The quantitative estimate of drug-likeness (QED) is 0.696. The number of carboxylic acid groups (broad SMARTS) is 1. The third-order valence-corrected chi connectivity index (χ3v) is 3.53. The van der Waals surface area contributed by atoms with Crippen LogP contribution in [0.5, 0.6) is 17.2 Å². The van der Waals surface area contributed by atoms with E-state index in [1.54, 1.807) is 25.3 Å². The van der Waals surface area contributed by atoms with Crippen LogP contribution in [0.25, 0.3) is 0 Å². The Kier molecular flexibility index (Phi) is 6.75. The SMILES string of the molecule is COc1ccccc1OCCOc1ccc(Cl)cc1CCC(=O)O. The van der Waals surface area contributed by atoms with Crippen molar-refractivity contribution in [2.45, 2.75) is 12.8 Å². The summed E-state index contributed by atoms with van der Waals surface area (Å²) < 4.78 is 16.6. The van der Waals surface area contributed by atoms with Gasteiger partial charge in [-0.3, -0.25) is 4.79 Å². The van der Waals surface area contributed by atoms with E-state index in [9.17, 15) is 4.79 Å². The molecule has 0 aliphatic heterocycles. The maximum atomic E-state index is 10.7. The molecule has 2 aromatic rings. The van der Waals surface area contributed by atoms with Crippen molar-refractivity contribution in [1.82, 2.24) is 0 Å². The highest BCUT2D eigenvalue weighted by molar-refractivity contribution is 6.30. The van der Waals surface area contributed by atoms with Gasteiger partial charge in [0.15, 0.2) is 11.5 Å². The number of para-hydroxylation sites is 2. The monoisotopic (exact) mass is 350 g/mol.